The standard InChI is InChI=1S/C18H28N2O2S/c21-23(22,16-11-5-2-6-12-16)20-18-14-8-7-13-17(18)19-15-9-3-1-4-10-15/h2,5-6,11-12,15,17-20H,1,3-4,7-10,13-14H2. The molecule has 3 rings (SSSR count). The molecule has 2 N–H and O–H groups in total. The van der Waals surface area contributed by atoms with E-state index < -0.39 is 10.0 Å². The largest absolute Gasteiger partial charge is 0.310 e. The summed E-state index contributed by atoms with van der Waals surface area (Å²) >= 11 is 0. The molecule has 0 radical (unpaired) electrons. The Morgan fingerprint density at radius 1 is 0.783 bits per heavy atom. The number of nitrogens with one attached hydrogen (secondary N) is 2. The molecule has 23 heavy (non-hydrogen) atoms. The van der Waals surface area contributed by atoms with Crippen LogP contribution >= 0.6 is 0 Å². The molecule has 0 aliphatic heterocycles. The zero-order valence-corrected chi connectivity index (χ0v) is 14.5. The van der Waals surface area contributed by atoms with Gasteiger partial charge in [0.2, 0.25) is 10.0 Å². The van der Waals surface area contributed by atoms with E-state index in [1.54, 1.807) is 24.3 Å². The van der Waals surface area contributed by atoms with Crippen LogP contribution < -0.4 is 10.0 Å². The minimum atomic E-state index is -3.42. The summed E-state index contributed by atoms with van der Waals surface area (Å²) in [6.45, 7) is 0. The van der Waals surface area contributed by atoms with E-state index in [2.05, 4.69) is 10.0 Å². The van der Waals surface area contributed by atoms with Crippen molar-refractivity contribution in [3.63, 3.8) is 0 Å². The van der Waals surface area contributed by atoms with Gasteiger partial charge < -0.3 is 5.32 Å². The summed E-state index contributed by atoms with van der Waals surface area (Å²) < 4.78 is 28.2. The van der Waals surface area contributed by atoms with Crippen LogP contribution in [0.1, 0.15) is 57.8 Å². The van der Waals surface area contributed by atoms with Crippen LogP contribution in [0.25, 0.3) is 0 Å². The lowest BCUT2D eigenvalue weighted by Gasteiger charge is -2.36. The van der Waals surface area contributed by atoms with Crippen molar-refractivity contribution >= 4 is 10.0 Å². The molecule has 128 valence electrons. The number of hydrogen-bond donors (Lipinski definition) is 2. The summed E-state index contributed by atoms with van der Waals surface area (Å²) in [5.74, 6) is 0. The third-order valence-electron chi connectivity index (χ3n) is 5.18. The van der Waals surface area contributed by atoms with Crippen LogP contribution in [0.4, 0.5) is 0 Å². The number of benzene rings is 1. The first-order valence-electron chi connectivity index (χ1n) is 8.98. The number of sulfonamides is 1. The molecular weight excluding hydrogens is 308 g/mol. The molecule has 2 unspecified atom stereocenters. The fourth-order valence-corrected chi connectivity index (χ4v) is 5.24. The Bertz CT molecular complexity index is 582. The van der Waals surface area contributed by atoms with E-state index in [1.807, 2.05) is 6.07 Å². The van der Waals surface area contributed by atoms with Gasteiger partial charge >= 0.3 is 0 Å². The molecule has 0 heterocycles. The second kappa shape index (κ2) is 7.77. The monoisotopic (exact) mass is 336 g/mol. The van der Waals surface area contributed by atoms with E-state index in [0.717, 1.165) is 19.3 Å². The van der Waals surface area contributed by atoms with Crippen molar-refractivity contribution in [1.29, 1.82) is 0 Å². The van der Waals surface area contributed by atoms with Crippen LogP contribution in [-0.4, -0.2) is 26.5 Å². The zero-order valence-electron chi connectivity index (χ0n) is 13.7. The lowest BCUT2D eigenvalue weighted by molar-refractivity contribution is 0.256. The molecule has 0 bridgehead atoms. The molecule has 1 aromatic carbocycles. The summed E-state index contributed by atoms with van der Waals surface area (Å²) in [6.07, 6.45) is 10.7. The summed E-state index contributed by atoms with van der Waals surface area (Å²) in [5, 5.41) is 3.75. The van der Waals surface area contributed by atoms with Crippen molar-refractivity contribution in [2.24, 2.45) is 0 Å². The van der Waals surface area contributed by atoms with Crippen molar-refractivity contribution in [2.45, 2.75) is 80.8 Å². The normalized spacial score (nSPS) is 27.0. The molecule has 0 spiro atoms. The molecule has 2 atom stereocenters. The molecular formula is C18H28N2O2S. The number of hydrogen-bond acceptors (Lipinski definition) is 3. The van der Waals surface area contributed by atoms with Gasteiger partial charge in [0, 0.05) is 18.1 Å². The van der Waals surface area contributed by atoms with E-state index in [9.17, 15) is 8.42 Å². The van der Waals surface area contributed by atoms with E-state index >= 15 is 0 Å². The van der Waals surface area contributed by atoms with Gasteiger partial charge in [0.25, 0.3) is 0 Å². The Hall–Kier alpha value is -0.910. The molecule has 1 aromatic rings. The summed E-state index contributed by atoms with van der Waals surface area (Å²) in [6, 6.07) is 9.55. The summed E-state index contributed by atoms with van der Waals surface area (Å²) in [7, 11) is -3.42. The van der Waals surface area contributed by atoms with E-state index in [1.165, 1.54) is 38.5 Å². The van der Waals surface area contributed by atoms with E-state index in [0.29, 0.717) is 10.9 Å². The van der Waals surface area contributed by atoms with Gasteiger partial charge in [-0.2, -0.15) is 0 Å². The first-order valence-corrected chi connectivity index (χ1v) is 10.5. The Morgan fingerprint density at radius 3 is 2.09 bits per heavy atom. The SMILES string of the molecule is O=S(=O)(NC1CCCCC1NC1CCCCC1)c1ccccc1. The molecule has 0 saturated heterocycles. The average molecular weight is 337 g/mol. The highest BCUT2D eigenvalue weighted by molar-refractivity contribution is 7.89. The van der Waals surface area contributed by atoms with Crippen LogP contribution in [-0.2, 0) is 10.0 Å². The summed E-state index contributed by atoms with van der Waals surface area (Å²) in [4.78, 5) is 0.363. The average Bonchev–Trinajstić information content (AvgIpc) is 2.58. The lowest BCUT2D eigenvalue weighted by Crippen LogP contribution is -2.54. The van der Waals surface area contributed by atoms with Gasteiger partial charge in [0.05, 0.1) is 4.90 Å². The fourth-order valence-electron chi connectivity index (χ4n) is 3.91. The first-order chi connectivity index (χ1) is 11.1. The fraction of sp³-hybridized carbons (Fsp3) is 0.667. The lowest BCUT2D eigenvalue weighted by atomic mass is 9.88. The van der Waals surface area contributed by atoms with Gasteiger partial charge in [-0.15, -0.1) is 0 Å². The second-order valence-corrected chi connectivity index (χ2v) is 8.65. The van der Waals surface area contributed by atoms with Crippen LogP contribution in [0.15, 0.2) is 35.2 Å². The van der Waals surface area contributed by atoms with Crippen LogP contribution in [0.5, 0.6) is 0 Å². The van der Waals surface area contributed by atoms with Crippen molar-refractivity contribution in [2.75, 3.05) is 0 Å². The Balaban J connectivity index is 1.66. The van der Waals surface area contributed by atoms with Gasteiger partial charge in [0.1, 0.15) is 0 Å². The van der Waals surface area contributed by atoms with Crippen LogP contribution in [0.2, 0.25) is 0 Å². The van der Waals surface area contributed by atoms with E-state index in [4.69, 9.17) is 0 Å². The van der Waals surface area contributed by atoms with Crippen LogP contribution in [0.3, 0.4) is 0 Å². The van der Waals surface area contributed by atoms with Gasteiger partial charge in [-0.1, -0.05) is 50.3 Å². The highest BCUT2D eigenvalue weighted by atomic mass is 32.2. The highest BCUT2D eigenvalue weighted by Gasteiger charge is 2.31. The Kier molecular flexibility index (Phi) is 5.72. The highest BCUT2D eigenvalue weighted by Crippen LogP contribution is 2.24. The zero-order chi connectivity index (χ0) is 16.1. The van der Waals surface area contributed by atoms with Crippen molar-refractivity contribution in [3.05, 3.63) is 30.3 Å². The van der Waals surface area contributed by atoms with Crippen LogP contribution in [0, 0.1) is 0 Å². The maximum atomic E-state index is 12.6. The maximum absolute atomic E-state index is 12.6. The smallest absolute Gasteiger partial charge is 0.240 e. The molecule has 5 heteroatoms. The van der Waals surface area contributed by atoms with E-state index in [-0.39, 0.29) is 12.1 Å². The minimum Gasteiger partial charge on any atom is -0.310 e. The first kappa shape index (κ1) is 16.9. The molecule has 2 aliphatic carbocycles. The second-order valence-electron chi connectivity index (χ2n) is 6.93. The van der Waals surface area contributed by atoms with Gasteiger partial charge in [-0.25, -0.2) is 13.1 Å². The molecule has 4 nitrogen and oxygen atoms in total. The third-order valence-corrected chi connectivity index (χ3v) is 6.69. The van der Waals surface area contributed by atoms with Gasteiger partial charge in [0.15, 0.2) is 0 Å². The molecule has 2 saturated carbocycles. The molecule has 0 amide bonds. The predicted molar refractivity (Wildman–Crippen MR) is 92.8 cm³/mol. The van der Waals surface area contributed by atoms with Gasteiger partial charge in [-0.05, 0) is 37.8 Å². The van der Waals surface area contributed by atoms with Crippen molar-refractivity contribution in [3.8, 4) is 0 Å². The van der Waals surface area contributed by atoms with Gasteiger partial charge in [-0.3, -0.25) is 0 Å². The molecule has 2 aliphatic rings. The Morgan fingerprint density at radius 2 is 1.39 bits per heavy atom. The van der Waals surface area contributed by atoms with Crippen molar-refractivity contribution < 1.29 is 8.42 Å². The van der Waals surface area contributed by atoms with Crippen molar-refractivity contribution in [1.82, 2.24) is 10.0 Å². The molecule has 0 aromatic heterocycles. The Labute approximate surface area is 140 Å². The topological polar surface area (TPSA) is 58.2 Å². The maximum Gasteiger partial charge on any atom is 0.240 e. The predicted octanol–water partition coefficient (Wildman–Crippen LogP) is 3.20. The third kappa shape index (κ3) is 4.55. The quantitative estimate of drug-likeness (QED) is 0.868. The molecule has 2 fully saturated rings. The minimum absolute atomic E-state index is 0.0101. The number of rotatable bonds is 5. The summed E-state index contributed by atoms with van der Waals surface area (Å²) in [5.41, 5.74) is 0.